The number of aromatic nitrogens is 5. The van der Waals surface area contributed by atoms with Gasteiger partial charge in [0.2, 0.25) is 11.7 Å². The van der Waals surface area contributed by atoms with Crippen LogP contribution in [0.3, 0.4) is 0 Å². The molecule has 1 aliphatic rings. The van der Waals surface area contributed by atoms with Crippen LogP contribution in [-0.4, -0.2) is 25.1 Å². The van der Waals surface area contributed by atoms with Gasteiger partial charge in [0.05, 0.1) is 23.8 Å². The van der Waals surface area contributed by atoms with E-state index >= 15 is 0 Å². The highest BCUT2D eigenvalue weighted by Crippen LogP contribution is 2.27. The molecule has 7 nitrogen and oxygen atoms in total. The minimum absolute atomic E-state index is 0.0236. The van der Waals surface area contributed by atoms with Gasteiger partial charge in [-0.2, -0.15) is 4.98 Å². The van der Waals surface area contributed by atoms with Gasteiger partial charge in [-0.15, -0.1) is 0 Å². The Kier molecular flexibility index (Phi) is 3.04. The maximum Gasteiger partial charge on any atom is 0.244 e. The van der Waals surface area contributed by atoms with Crippen molar-refractivity contribution in [2.24, 2.45) is 0 Å². The Morgan fingerprint density at radius 3 is 3.19 bits per heavy atom. The number of H-pyrrole nitrogens is 1. The summed E-state index contributed by atoms with van der Waals surface area (Å²) in [6.45, 7) is 0.713. The molecule has 106 valence electrons. The van der Waals surface area contributed by atoms with Crippen LogP contribution in [0.4, 0.5) is 0 Å². The number of aromatic amines is 1. The molecule has 0 amide bonds. The van der Waals surface area contributed by atoms with E-state index < -0.39 is 0 Å². The summed E-state index contributed by atoms with van der Waals surface area (Å²) in [5.41, 5.74) is 2.82. The molecular formula is C13H11BrN6O. The van der Waals surface area contributed by atoms with Crippen LogP contribution in [0.2, 0.25) is 0 Å². The fraction of sp³-hybridized carbons (Fsp3) is 0.231. The van der Waals surface area contributed by atoms with Crippen LogP contribution in [-0.2, 0) is 13.0 Å². The molecule has 3 aromatic rings. The summed E-state index contributed by atoms with van der Waals surface area (Å²) in [5.74, 6) is 1.03. The lowest BCUT2D eigenvalue weighted by molar-refractivity contribution is 0.319. The van der Waals surface area contributed by atoms with Crippen LogP contribution >= 0.6 is 15.9 Å². The Bertz CT molecular complexity index is 782. The average Bonchev–Trinajstić information content (AvgIpc) is 3.16. The van der Waals surface area contributed by atoms with Crippen molar-refractivity contribution >= 4 is 15.9 Å². The van der Waals surface area contributed by atoms with E-state index in [1.165, 1.54) is 0 Å². The molecule has 0 aromatic carbocycles. The number of nitrogens with zero attached hydrogens (tertiary/aromatic N) is 4. The summed E-state index contributed by atoms with van der Waals surface area (Å²) in [6, 6.07) is 3.72. The standard InChI is InChI=1S/C13H11BrN6O/c14-7-2-1-3-15-11(7)12-19-13(21-20-12)9-4-8-10(5-16-9)18-6-17-8/h1-3,6,9,16H,4-5H2,(H,17,18). The quantitative estimate of drug-likeness (QED) is 0.737. The molecule has 3 aromatic heterocycles. The lowest BCUT2D eigenvalue weighted by Gasteiger charge is -2.19. The smallest absolute Gasteiger partial charge is 0.244 e. The number of nitrogens with one attached hydrogen (secondary N) is 2. The van der Waals surface area contributed by atoms with Crippen molar-refractivity contribution < 1.29 is 4.52 Å². The third kappa shape index (κ3) is 2.26. The summed E-state index contributed by atoms with van der Waals surface area (Å²) < 4.78 is 6.22. The number of hydrogen-bond donors (Lipinski definition) is 2. The number of imidazole rings is 1. The van der Waals surface area contributed by atoms with E-state index in [0.29, 0.717) is 24.0 Å². The predicted octanol–water partition coefficient (Wildman–Crippen LogP) is 2.00. The number of pyridine rings is 1. The van der Waals surface area contributed by atoms with Gasteiger partial charge in [-0.05, 0) is 28.1 Å². The first-order chi connectivity index (χ1) is 10.3. The van der Waals surface area contributed by atoms with E-state index in [-0.39, 0.29) is 6.04 Å². The van der Waals surface area contributed by atoms with Crippen molar-refractivity contribution in [3.8, 4) is 11.5 Å². The van der Waals surface area contributed by atoms with Crippen molar-refractivity contribution in [2.45, 2.75) is 19.0 Å². The molecule has 0 aliphatic carbocycles. The molecule has 0 bridgehead atoms. The Labute approximate surface area is 128 Å². The van der Waals surface area contributed by atoms with Crippen LogP contribution in [0.5, 0.6) is 0 Å². The number of rotatable bonds is 2. The van der Waals surface area contributed by atoms with Crippen molar-refractivity contribution in [3.63, 3.8) is 0 Å². The van der Waals surface area contributed by atoms with E-state index in [0.717, 1.165) is 22.3 Å². The molecule has 0 saturated carbocycles. The molecule has 0 radical (unpaired) electrons. The predicted molar refractivity (Wildman–Crippen MR) is 77.1 cm³/mol. The van der Waals surface area contributed by atoms with Gasteiger partial charge in [-0.1, -0.05) is 5.16 Å². The second-order valence-corrected chi connectivity index (χ2v) is 5.61. The van der Waals surface area contributed by atoms with Gasteiger partial charge in [-0.25, -0.2) is 4.98 Å². The van der Waals surface area contributed by atoms with Crippen molar-refractivity contribution in [1.29, 1.82) is 0 Å². The van der Waals surface area contributed by atoms with E-state index in [2.05, 4.69) is 46.3 Å². The molecule has 1 unspecified atom stereocenters. The Balaban J connectivity index is 1.62. The van der Waals surface area contributed by atoms with Gasteiger partial charge in [-0.3, -0.25) is 10.3 Å². The summed E-state index contributed by atoms with van der Waals surface area (Å²) in [5, 5.41) is 7.38. The number of fused-ring (bicyclic) bond motifs is 1. The van der Waals surface area contributed by atoms with E-state index in [9.17, 15) is 0 Å². The molecule has 1 atom stereocenters. The molecule has 1 aliphatic heterocycles. The van der Waals surface area contributed by atoms with Gasteiger partial charge in [0, 0.05) is 23.6 Å². The van der Waals surface area contributed by atoms with Crippen LogP contribution in [0, 0.1) is 0 Å². The average molecular weight is 347 g/mol. The van der Waals surface area contributed by atoms with Crippen molar-refractivity contribution in [2.75, 3.05) is 0 Å². The fourth-order valence-corrected chi connectivity index (χ4v) is 2.80. The fourth-order valence-electron chi connectivity index (χ4n) is 2.37. The first-order valence-electron chi connectivity index (χ1n) is 6.50. The Morgan fingerprint density at radius 1 is 1.33 bits per heavy atom. The van der Waals surface area contributed by atoms with Gasteiger partial charge in [0.15, 0.2) is 0 Å². The van der Waals surface area contributed by atoms with Crippen LogP contribution in [0.1, 0.15) is 23.3 Å². The second kappa shape index (κ2) is 5.05. The Hall–Kier alpha value is -2.06. The summed E-state index contributed by atoms with van der Waals surface area (Å²) >= 11 is 3.44. The molecule has 4 heterocycles. The SMILES string of the molecule is Brc1cccnc1-c1noc(C2Cc3nc[nH]c3CN2)n1. The molecule has 8 heteroatoms. The molecule has 2 N–H and O–H groups in total. The maximum atomic E-state index is 5.38. The normalized spacial score (nSPS) is 17.7. The van der Waals surface area contributed by atoms with Crippen molar-refractivity contribution in [3.05, 3.63) is 46.4 Å². The summed E-state index contributed by atoms with van der Waals surface area (Å²) in [4.78, 5) is 16.1. The highest BCUT2D eigenvalue weighted by Gasteiger charge is 2.26. The third-order valence-electron chi connectivity index (χ3n) is 3.44. The third-order valence-corrected chi connectivity index (χ3v) is 4.08. The molecule has 0 spiro atoms. The maximum absolute atomic E-state index is 5.38. The molecule has 0 fully saturated rings. The molecule has 4 rings (SSSR count). The topological polar surface area (TPSA) is 92.5 Å². The first kappa shape index (κ1) is 12.7. The van der Waals surface area contributed by atoms with Gasteiger partial charge in [0.1, 0.15) is 5.69 Å². The van der Waals surface area contributed by atoms with E-state index in [1.807, 2.05) is 12.1 Å². The first-order valence-corrected chi connectivity index (χ1v) is 7.29. The zero-order valence-corrected chi connectivity index (χ0v) is 12.5. The highest BCUT2D eigenvalue weighted by atomic mass is 79.9. The minimum Gasteiger partial charge on any atom is -0.347 e. The lowest BCUT2D eigenvalue weighted by atomic mass is 10.1. The summed E-state index contributed by atoms with van der Waals surface area (Å²) in [6.07, 6.45) is 4.13. The van der Waals surface area contributed by atoms with Crippen LogP contribution < -0.4 is 5.32 Å². The molecule has 0 saturated heterocycles. The van der Waals surface area contributed by atoms with Gasteiger partial charge in [0.25, 0.3) is 0 Å². The second-order valence-electron chi connectivity index (χ2n) is 4.76. The zero-order valence-electron chi connectivity index (χ0n) is 10.9. The lowest BCUT2D eigenvalue weighted by Crippen LogP contribution is -2.28. The Morgan fingerprint density at radius 2 is 2.29 bits per heavy atom. The monoisotopic (exact) mass is 346 g/mol. The van der Waals surface area contributed by atoms with Gasteiger partial charge >= 0.3 is 0 Å². The summed E-state index contributed by atoms with van der Waals surface area (Å²) in [7, 11) is 0. The van der Waals surface area contributed by atoms with Crippen molar-refractivity contribution in [1.82, 2.24) is 30.4 Å². The highest BCUT2D eigenvalue weighted by molar-refractivity contribution is 9.10. The van der Waals surface area contributed by atoms with E-state index in [1.54, 1.807) is 12.5 Å². The number of halogens is 1. The van der Waals surface area contributed by atoms with Crippen LogP contribution in [0.25, 0.3) is 11.5 Å². The number of hydrogen-bond acceptors (Lipinski definition) is 6. The zero-order chi connectivity index (χ0) is 14.2. The van der Waals surface area contributed by atoms with Gasteiger partial charge < -0.3 is 9.51 Å². The molecular weight excluding hydrogens is 336 g/mol. The van der Waals surface area contributed by atoms with E-state index in [4.69, 9.17) is 4.52 Å². The molecule has 21 heavy (non-hydrogen) atoms. The minimum atomic E-state index is -0.0236. The van der Waals surface area contributed by atoms with Crippen LogP contribution in [0.15, 0.2) is 33.7 Å². The largest absolute Gasteiger partial charge is 0.347 e.